The highest BCUT2D eigenvalue weighted by Crippen LogP contribution is 2.20. The fourth-order valence-electron chi connectivity index (χ4n) is 2.54. The Morgan fingerprint density at radius 3 is 2.82 bits per heavy atom. The van der Waals surface area contributed by atoms with Gasteiger partial charge >= 0.3 is 0 Å². The van der Waals surface area contributed by atoms with Crippen molar-refractivity contribution in [3.8, 4) is 0 Å². The van der Waals surface area contributed by atoms with Crippen LogP contribution in [-0.4, -0.2) is 59.0 Å². The fraction of sp³-hybridized carbons (Fsp3) is 0.833. The van der Waals surface area contributed by atoms with Crippen molar-refractivity contribution in [3.63, 3.8) is 0 Å². The Labute approximate surface area is 101 Å². The smallest absolute Gasteiger partial charge is 0.242 e. The van der Waals surface area contributed by atoms with E-state index in [1.165, 1.54) is 0 Å². The van der Waals surface area contributed by atoms with Crippen molar-refractivity contribution in [3.05, 3.63) is 0 Å². The van der Waals surface area contributed by atoms with Crippen LogP contribution in [0.5, 0.6) is 0 Å². The molecule has 2 unspecified atom stereocenters. The molecule has 1 N–H and O–H groups in total. The third-order valence-electron chi connectivity index (χ3n) is 3.76. The molecule has 0 aromatic heterocycles. The molecule has 2 rings (SSSR count). The second kappa shape index (κ2) is 5.04. The summed E-state index contributed by atoms with van der Waals surface area (Å²) in [5, 5.41) is 9.48. The topological polar surface area (TPSA) is 60.9 Å². The molecule has 0 bridgehead atoms. The summed E-state index contributed by atoms with van der Waals surface area (Å²) in [5.74, 6) is 0.293. The molecule has 17 heavy (non-hydrogen) atoms. The number of hydrogen-bond acceptors (Lipinski definition) is 3. The molecule has 0 aromatic rings. The van der Waals surface area contributed by atoms with Gasteiger partial charge in [0, 0.05) is 32.0 Å². The van der Waals surface area contributed by atoms with E-state index in [1.807, 2.05) is 0 Å². The quantitative estimate of drug-likeness (QED) is 0.745. The Kier molecular flexibility index (Phi) is 3.66. The standard InChI is InChI=1S/C12H20N2O3/c1-9(15)10-4-6-14(7-10)12(17)8-13-5-2-3-11(13)16/h9-10,15H,2-8H2,1H3. The van der Waals surface area contributed by atoms with Crippen LogP contribution in [0.2, 0.25) is 0 Å². The van der Waals surface area contributed by atoms with E-state index in [2.05, 4.69) is 0 Å². The van der Waals surface area contributed by atoms with Crippen LogP contribution in [0.25, 0.3) is 0 Å². The lowest BCUT2D eigenvalue weighted by atomic mass is 10.0. The molecule has 0 radical (unpaired) electrons. The maximum Gasteiger partial charge on any atom is 0.242 e. The third-order valence-corrected chi connectivity index (χ3v) is 3.76. The van der Waals surface area contributed by atoms with Gasteiger partial charge in [0.1, 0.15) is 0 Å². The molecular weight excluding hydrogens is 220 g/mol. The summed E-state index contributed by atoms with van der Waals surface area (Å²) >= 11 is 0. The second-order valence-corrected chi connectivity index (χ2v) is 5.05. The summed E-state index contributed by atoms with van der Waals surface area (Å²) in [5.41, 5.74) is 0. The van der Waals surface area contributed by atoms with Crippen molar-refractivity contribution in [2.75, 3.05) is 26.2 Å². The minimum absolute atomic E-state index is 0.0170. The molecule has 0 aliphatic carbocycles. The summed E-state index contributed by atoms with van der Waals surface area (Å²) in [4.78, 5) is 26.8. The Hall–Kier alpha value is -1.10. The number of amides is 2. The van der Waals surface area contributed by atoms with Gasteiger partial charge < -0.3 is 14.9 Å². The lowest BCUT2D eigenvalue weighted by molar-refractivity contribution is -0.137. The number of nitrogens with zero attached hydrogens (tertiary/aromatic N) is 2. The minimum Gasteiger partial charge on any atom is -0.393 e. The van der Waals surface area contributed by atoms with E-state index in [0.717, 1.165) is 12.8 Å². The average molecular weight is 240 g/mol. The minimum atomic E-state index is -0.360. The van der Waals surface area contributed by atoms with Crippen LogP contribution in [0.1, 0.15) is 26.2 Å². The predicted molar refractivity (Wildman–Crippen MR) is 62.2 cm³/mol. The van der Waals surface area contributed by atoms with Gasteiger partial charge in [-0.05, 0) is 19.8 Å². The third kappa shape index (κ3) is 2.77. The van der Waals surface area contributed by atoms with Crippen LogP contribution >= 0.6 is 0 Å². The summed E-state index contributed by atoms with van der Waals surface area (Å²) < 4.78 is 0. The van der Waals surface area contributed by atoms with Gasteiger partial charge in [-0.15, -0.1) is 0 Å². The highest BCUT2D eigenvalue weighted by Gasteiger charge is 2.31. The zero-order valence-corrected chi connectivity index (χ0v) is 10.3. The van der Waals surface area contributed by atoms with Gasteiger partial charge in [0.2, 0.25) is 11.8 Å². The van der Waals surface area contributed by atoms with Gasteiger partial charge in [-0.1, -0.05) is 0 Å². The fourth-order valence-corrected chi connectivity index (χ4v) is 2.54. The Balaban J connectivity index is 1.83. The molecule has 5 nitrogen and oxygen atoms in total. The van der Waals surface area contributed by atoms with Crippen LogP contribution in [-0.2, 0) is 9.59 Å². The van der Waals surface area contributed by atoms with E-state index in [-0.39, 0.29) is 30.4 Å². The number of hydrogen-bond donors (Lipinski definition) is 1. The van der Waals surface area contributed by atoms with Gasteiger partial charge in [0.25, 0.3) is 0 Å². The lowest BCUT2D eigenvalue weighted by Gasteiger charge is -2.21. The maximum absolute atomic E-state index is 12.0. The van der Waals surface area contributed by atoms with Crippen LogP contribution < -0.4 is 0 Å². The Morgan fingerprint density at radius 2 is 2.29 bits per heavy atom. The van der Waals surface area contributed by atoms with Gasteiger partial charge in [-0.3, -0.25) is 9.59 Å². The highest BCUT2D eigenvalue weighted by atomic mass is 16.3. The number of carbonyl (C=O) groups excluding carboxylic acids is 2. The van der Waals surface area contributed by atoms with Crippen molar-refractivity contribution >= 4 is 11.8 Å². The first-order chi connectivity index (χ1) is 8.08. The summed E-state index contributed by atoms with van der Waals surface area (Å²) in [7, 11) is 0. The predicted octanol–water partition coefficient (Wildman–Crippen LogP) is -0.162. The zero-order chi connectivity index (χ0) is 12.4. The van der Waals surface area contributed by atoms with E-state index >= 15 is 0 Å². The summed E-state index contributed by atoms with van der Waals surface area (Å²) in [6, 6.07) is 0. The van der Waals surface area contributed by atoms with Crippen LogP contribution in [0, 0.1) is 5.92 Å². The molecule has 0 saturated carbocycles. The lowest BCUT2D eigenvalue weighted by Crippen LogP contribution is -2.40. The first-order valence-corrected chi connectivity index (χ1v) is 6.31. The van der Waals surface area contributed by atoms with E-state index in [0.29, 0.717) is 26.1 Å². The summed E-state index contributed by atoms with van der Waals surface area (Å²) in [6.07, 6.45) is 1.94. The molecule has 2 saturated heterocycles. The van der Waals surface area contributed by atoms with Crippen molar-refractivity contribution in [2.24, 2.45) is 5.92 Å². The Bertz CT molecular complexity index is 317. The second-order valence-electron chi connectivity index (χ2n) is 5.05. The first kappa shape index (κ1) is 12.4. The van der Waals surface area contributed by atoms with Crippen molar-refractivity contribution in [1.82, 2.24) is 9.80 Å². The van der Waals surface area contributed by atoms with Crippen molar-refractivity contribution in [2.45, 2.75) is 32.3 Å². The molecule has 0 aromatic carbocycles. The van der Waals surface area contributed by atoms with Crippen molar-refractivity contribution in [1.29, 1.82) is 0 Å². The molecule has 96 valence electrons. The van der Waals surface area contributed by atoms with E-state index < -0.39 is 0 Å². The SMILES string of the molecule is CC(O)C1CCN(C(=O)CN2CCCC2=O)C1. The normalized spacial score (nSPS) is 26.7. The molecule has 2 fully saturated rings. The van der Waals surface area contributed by atoms with Crippen LogP contribution in [0.15, 0.2) is 0 Å². The molecule has 2 aliphatic rings. The molecule has 0 spiro atoms. The number of likely N-dealkylation sites (tertiary alicyclic amines) is 2. The number of aliphatic hydroxyl groups excluding tert-OH is 1. The van der Waals surface area contributed by atoms with E-state index in [1.54, 1.807) is 16.7 Å². The van der Waals surface area contributed by atoms with Gasteiger partial charge in [-0.25, -0.2) is 0 Å². The monoisotopic (exact) mass is 240 g/mol. The van der Waals surface area contributed by atoms with Gasteiger partial charge in [-0.2, -0.15) is 0 Å². The molecule has 2 amide bonds. The van der Waals surface area contributed by atoms with E-state index in [9.17, 15) is 14.7 Å². The van der Waals surface area contributed by atoms with E-state index in [4.69, 9.17) is 0 Å². The molecule has 5 heteroatoms. The summed E-state index contributed by atoms with van der Waals surface area (Å²) in [6.45, 7) is 4.02. The maximum atomic E-state index is 12.0. The Morgan fingerprint density at radius 1 is 1.53 bits per heavy atom. The van der Waals surface area contributed by atoms with Crippen LogP contribution in [0.3, 0.4) is 0 Å². The number of aliphatic hydroxyl groups is 1. The molecular formula is C12H20N2O3. The largest absolute Gasteiger partial charge is 0.393 e. The average Bonchev–Trinajstić information content (AvgIpc) is 2.88. The molecule has 2 heterocycles. The van der Waals surface area contributed by atoms with Gasteiger partial charge in [0.15, 0.2) is 0 Å². The zero-order valence-electron chi connectivity index (χ0n) is 10.3. The van der Waals surface area contributed by atoms with Crippen molar-refractivity contribution < 1.29 is 14.7 Å². The van der Waals surface area contributed by atoms with Crippen LogP contribution in [0.4, 0.5) is 0 Å². The molecule has 2 atom stereocenters. The first-order valence-electron chi connectivity index (χ1n) is 6.31. The highest BCUT2D eigenvalue weighted by molar-refractivity contribution is 5.86. The number of rotatable bonds is 3. The van der Waals surface area contributed by atoms with Gasteiger partial charge in [0.05, 0.1) is 12.6 Å². The molecule has 2 aliphatic heterocycles. The number of carbonyl (C=O) groups is 2.